The average molecular weight is 182 g/mol. The Hall–Kier alpha value is -1.25. The summed E-state index contributed by atoms with van der Waals surface area (Å²) in [5.41, 5.74) is 1.17. The van der Waals surface area contributed by atoms with Gasteiger partial charge in [0.05, 0.1) is 6.26 Å². The van der Waals surface area contributed by atoms with Crippen LogP contribution in [0.4, 0.5) is 0 Å². The Labute approximate surface area is 77.4 Å². The molecule has 1 aromatic rings. The lowest BCUT2D eigenvalue weighted by molar-refractivity contribution is -0.137. The second kappa shape index (κ2) is 4.70. The van der Waals surface area contributed by atoms with Crippen molar-refractivity contribution in [1.29, 1.82) is 0 Å². The third-order valence-electron chi connectivity index (χ3n) is 1.93. The third-order valence-corrected chi connectivity index (χ3v) is 1.93. The second-order valence-electron chi connectivity index (χ2n) is 3.02. The first kappa shape index (κ1) is 9.84. The number of carboxylic acids is 1. The highest BCUT2D eigenvalue weighted by Gasteiger charge is 2.02. The van der Waals surface area contributed by atoms with Crippen LogP contribution in [0.2, 0.25) is 0 Å². The molecule has 1 aromatic heterocycles. The molecule has 0 aromatic carbocycles. The lowest BCUT2D eigenvalue weighted by Gasteiger charge is -1.92. The van der Waals surface area contributed by atoms with Crippen LogP contribution in [-0.4, -0.2) is 11.1 Å². The lowest BCUT2D eigenvalue weighted by Crippen LogP contribution is -1.95. The van der Waals surface area contributed by atoms with Crippen LogP contribution in [0, 0.1) is 0 Å². The molecule has 1 rings (SSSR count). The van der Waals surface area contributed by atoms with Gasteiger partial charge in [-0.05, 0) is 24.5 Å². The Morgan fingerprint density at radius 3 is 2.92 bits per heavy atom. The summed E-state index contributed by atoms with van der Waals surface area (Å²) in [6.45, 7) is 2.06. The molecule has 3 heteroatoms. The van der Waals surface area contributed by atoms with Crippen LogP contribution in [0.15, 0.2) is 16.7 Å². The monoisotopic (exact) mass is 182 g/mol. The molecule has 0 aliphatic carbocycles. The van der Waals surface area contributed by atoms with E-state index >= 15 is 0 Å². The maximum Gasteiger partial charge on any atom is 0.303 e. The molecular formula is C10H14O3. The quantitative estimate of drug-likeness (QED) is 0.759. The summed E-state index contributed by atoms with van der Waals surface area (Å²) in [6.07, 6.45) is 4.26. The van der Waals surface area contributed by atoms with Crippen molar-refractivity contribution in [2.75, 3.05) is 0 Å². The van der Waals surface area contributed by atoms with Gasteiger partial charge in [-0.2, -0.15) is 0 Å². The molecule has 72 valence electrons. The van der Waals surface area contributed by atoms with Gasteiger partial charge in [0.2, 0.25) is 0 Å². The molecule has 0 radical (unpaired) electrons. The highest BCUT2D eigenvalue weighted by molar-refractivity contribution is 5.66. The molecule has 0 aliphatic heterocycles. The van der Waals surface area contributed by atoms with Crippen molar-refractivity contribution in [3.05, 3.63) is 23.7 Å². The van der Waals surface area contributed by atoms with Crippen LogP contribution in [-0.2, 0) is 17.6 Å². The van der Waals surface area contributed by atoms with Gasteiger partial charge in [-0.25, -0.2) is 0 Å². The summed E-state index contributed by atoms with van der Waals surface area (Å²) in [6, 6.07) is 1.99. The number of hydrogen-bond acceptors (Lipinski definition) is 2. The van der Waals surface area contributed by atoms with Gasteiger partial charge in [-0.15, -0.1) is 0 Å². The molecular weight excluding hydrogens is 168 g/mol. The number of rotatable bonds is 5. The number of carboxylic acid groups (broad SMARTS) is 1. The van der Waals surface area contributed by atoms with E-state index in [2.05, 4.69) is 6.92 Å². The fraction of sp³-hybridized carbons (Fsp3) is 0.500. The predicted molar refractivity (Wildman–Crippen MR) is 48.7 cm³/mol. The lowest BCUT2D eigenvalue weighted by atomic mass is 10.2. The van der Waals surface area contributed by atoms with Gasteiger partial charge in [-0.3, -0.25) is 4.79 Å². The summed E-state index contributed by atoms with van der Waals surface area (Å²) in [4.78, 5) is 10.2. The smallest absolute Gasteiger partial charge is 0.303 e. The Kier molecular flexibility index (Phi) is 3.55. The molecule has 0 spiro atoms. The zero-order valence-electron chi connectivity index (χ0n) is 7.75. The minimum Gasteiger partial charge on any atom is -0.481 e. The van der Waals surface area contributed by atoms with Crippen LogP contribution < -0.4 is 0 Å². The Balaban J connectivity index is 2.32. The zero-order chi connectivity index (χ0) is 9.68. The van der Waals surface area contributed by atoms with Gasteiger partial charge in [0.15, 0.2) is 0 Å². The minimum absolute atomic E-state index is 0.210. The van der Waals surface area contributed by atoms with Crippen molar-refractivity contribution in [1.82, 2.24) is 0 Å². The van der Waals surface area contributed by atoms with E-state index in [1.165, 1.54) is 5.56 Å². The number of furan rings is 1. The van der Waals surface area contributed by atoms with Crippen LogP contribution in [0.25, 0.3) is 0 Å². The fourth-order valence-electron chi connectivity index (χ4n) is 1.16. The second-order valence-corrected chi connectivity index (χ2v) is 3.02. The van der Waals surface area contributed by atoms with E-state index in [1.54, 1.807) is 6.26 Å². The Bertz CT molecular complexity index is 275. The van der Waals surface area contributed by atoms with Gasteiger partial charge >= 0.3 is 5.97 Å². The first-order valence-corrected chi connectivity index (χ1v) is 4.50. The van der Waals surface area contributed by atoms with E-state index in [4.69, 9.17) is 9.52 Å². The van der Waals surface area contributed by atoms with E-state index < -0.39 is 5.97 Å². The minimum atomic E-state index is -0.748. The molecule has 1 N–H and O–H groups in total. The molecule has 13 heavy (non-hydrogen) atoms. The summed E-state index contributed by atoms with van der Waals surface area (Å²) >= 11 is 0. The van der Waals surface area contributed by atoms with Crippen molar-refractivity contribution < 1.29 is 14.3 Å². The molecule has 1 heterocycles. The summed E-state index contributed by atoms with van der Waals surface area (Å²) < 4.78 is 5.24. The van der Waals surface area contributed by atoms with E-state index in [0.29, 0.717) is 12.8 Å². The number of carbonyl (C=O) groups is 1. The maximum absolute atomic E-state index is 10.2. The van der Waals surface area contributed by atoms with Gasteiger partial charge in [0.1, 0.15) is 5.76 Å². The van der Waals surface area contributed by atoms with Crippen LogP contribution in [0.3, 0.4) is 0 Å². The zero-order valence-corrected chi connectivity index (χ0v) is 7.75. The first-order valence-electron chi connectivity index (χ1n) is 4.50. The molecule has 0 aliphatic rings. The number of aliphatic carboxylic acids is 1. The molecule has 0 unspecified atom stereocenters. The molecule has 0 bridgehead atoms. The van der Waals surface area contributed by atoms with Crippen molar-refractivity contribution >= 4 is 5.97 Å². The van der Waals surface area contributed by atoms with Gasteiger partial charge in [0.25, 0.3) is 0 Å². The van der Waals surface area contributed by atoms with E-state index in [1.807, 2.05) is 6.07 Å². The summed E-state index contributed by atoms with van der Waals surface area (Å²) in [5, 5.41) is 8.41. The van der Waals surface area contributed by atoms with Crippen LogP contribution in [0.5, 0.6) is 0 Å². The highest BCUT2D eigenvalue weighted by atomic mass is 16.4. The molecule has 0 amide bonds. The predicted octanol–water partition coefficient (Wildman–Crippen LogP) is 2.25. The van der Waals surface area contributed by atoms with Crippen LogP contribution >= 0.6 is 0 Å². The largest absolute Gasteiger partial charge is 0.481 e. The van der Waals surface area contributed by atoms with Gasteiger partial charge in [-0.1, -0.05) is 6.92 Å². The maximum atomic E-state index is 10.2. The van der Waals surface area contributed by atoms with Gasteiger partial charge in [0, 0.05) is 12.8 Å². The van der Waals surface area contributed by atoms with Crippen molar-refractivity contribution in [2.24, 2.45) is 0 Å². The number of aryl methyl sites for hydroxylation is 2. The van der Waals surface area contributed by atoms with Crippen LogP contribution in [0.1, 0.15) is 31.1 Å². The van der Waals surface area contributed by atoms with E-state index in [-0.39, 0.29) is 6.42 Å². The molecule has 0 atom stereocenters. The Morgan fingerprint density at radius 2 is 2.38 bits per heavy atom. The normalized spacial score (nSPS) is 10.2. The van der Waals surface area contributed by atoms with Crippen molar-refractivity contribution in [3.8, 4) is 0 Å². The summed E-state index contributed by atoms with van der Waals surface area (Å²) in [5.74, 6) is 0.139. The summed E-state index contributed by atoms with van der Waals surface area (Å²) in [7, 11) is 0. The SMILES string of the molecule is CCc1coc(CCCC(=O)O)c1. The van der Waals surface area contributed by atoms with Gasteiger partial charge < -0.3 is 9.52 Å². The molecule has 3 nitrogen and oxygen atoms in total. The van der Waals surface area contributed by atoms with E-state index in [0.717, 1.165) is 12.2 Å². The number of hydrogen-bond donors (Lipinski definition) is 1. The van der Waals surface area contributed by atoms with Crippen molar-refractivity contribution in [2.45, 2.75) is 32.6 Å². The average Bonchev–Trinajstić information content (AvgIpc) is 2.52. The van der Waals surface area contributed by atoms with Crippen molar-refractivity contribution in [3.63, 3.8) is 0 Å². The molecule has 0 saturated heterocycles. The molecule has 0 fully saturated rings. The standard InChI is InChI=1S/C10H14O3/c1-2-8-6-9(13-7-8)4-3-5-10(11)12/h6-7H,2-5H2,1H3,(H,11,12). The molecule has 0 saturated carbocycles. The third kappa shape index (κ3) is 3.32. The topological polar surface area (TPSA) is 50.4 Å². The van der Waals surface area contributed by atoms with E-state index in [9.17, 15) is 4.79 Å². The fourth-order valence-corrected chi connectivity index (χ4v) is 1.16. The Morgan fingerprint density at radius 1 is 1.62 bits per heavy atom. The first-order chi connectivity index (χ1) is 6.22. The highest BCUT2D eigenvalue weighted by Crippen LogP contribution is 2.11.